The number of likely N-dealkylation sites (tertiary alicyclic amines) is 1. The number of phenolic OH excluding ortho intramolecular Hbond substituents is 1. The van der Waals surface area contributed by atoms with E-state index >= 15 is 0 Å². The molecule has 0 aromatic heterocycles. The molecule has 2 aliphatic heterocycles. The van der Waals surface area contributed by atoms with Crippen molar-refractivity contribution in [2.24, 2.45) is 5.41 Å². The van der Waals surface area contributed by atoms with Crippen molar-refractivity contribution in [3.63, 3.8) is 0 Å². The fraction of sp³-hybridized carbons (Fsp3) is 0.381. The molecule has 0 radical (unpaired) electrons. The minimum absolute atomic E-state index is 0.0744. The lowest BCUT2D eigenvalue weighted by atomic mass is 9.73. The Morgan fingerprint density at radius 1 is 1.25 bits per heavy atom. The van der Waals surface area contributed by atoms with Crippen molar-refractivity contribution in [3.8, 4) is 23.0 Å². The molecule has 0 saturated carbocycles. The minimum Gasteiger partial charge on any atom is -0.504 e. The first-order valence-corrected chi connectivity index (χ1v) is 9.09. The quantitative estimate of drug-likeness (QED) is 0.817. The molecular formula is C21H23NO6. The van der Waals surface area contributed by atoms with Crippen LogP contribution in [0.5, 0.6) is 23.0 Å². The van der Waals surface area contributed by atoms with E-state index in [-0.39, 0.29) is 18.3 Å². The van der Waals surface area contributed by atoms with Gasteiger partial charge in [0, 0.05) is 37.2 Å². The molecule has 2 aromatic rings. The van der Waals surface area contributed by atoms with Crippen LogP contribution in [0, 0.1) is 5.41 Å². The summed E-state index contributed by atoms with van der Waals surface area (Å²) in [6, 6.07) is 10.8. The van der Waals surface area contributed by atoms with E-state index in [0.717, 1.165) is 11.1 Å². The number of ether oxygens (including phenoxy) is 3. The lowest BCUT2D eigenvalue weighted by Crippen LogP contribution is -2.45. The Morgan fingerprint density at radius 3 is 2.75 bits per heavy atom. The van der Waals surface area contributed by atoms with Crippen LogP contribution >= 0.6 is 0 Å². The van der Waals surface area contributed by atoms with Crippen molar-refractivity contribution in [3.05, 3.63) is 47.5 Å². The highest BCUT2D eigenvalue weighted by atomic mass is 16.5. The van der Waals surface area contributed by atoms with E-state index in [4.69, 9.17) is 14.2 Å². The molecule has 2 aromatic carbocycles. The number of nitrogens with zero attached hydrogens (tertiary/aromatic N) is 1. The summed E-state index contributed by atoms with van der Waals surface area (Å²) in [5.41, 5.74) is 0.804. The fourth-order valence-electron chi connectivity index (χ4n) is 4.30. The number of rotatable bonds is 5. The van der Waals surface area contributed by atoms with Crippen LogP contribution < -0.4 is 14.2 Å². The molecular weight excluding hydrogens is 362 g/mol. The Hall–Kier alpha value is -2.93. The summed E-state index contributed by atoms with van der Waals surface area (Å²) < 4.78 is 16.2. The zero-order chi connectivity index (χ0) is 19.9. The first-order valence-electron chi connectivity index (χ1n) is 9.09. The maximum Gasteiger partial charge on any atom is 0.315 e. The van der Waals surface area contributed by atoms with Gasteiger partial charge >= 0.3 is 5.97 Å². The van der Waals surface area contributed by atoms with E-state index in [0.29, 0.717) is 36.9 Å². The van der Waals surface area contributed by atoms with Crippen LogP contribution in [0.3, 0.4) is 0 Å². The van der Waals surface area contributed by atoms with Crippen molar-refractivity contribution < 1.29 is 29.2 Å². The summed E-state index contributed by atoms with van der Waals surface area (Å²) >= 11 is 0. The van der Waals surface area contributed by atoms with Crippen molar-refractivity contribution in [1.29, 1.82) is 0 Å². The first kappa shape index (κ1) is 18.4. The Labute approximate surface area is 163 Å². The lowest BCUT2D eigenvalue weighted by Gasteiger charge is -2.36. The second-order valence-electron chi connectivity index (χ2n) is 7.38. The van der Waals surface area contributed by atoms with Gasteiger partial charge in [0.25, 0.3) is 0 Å². The van der Waals surface area contributed by atoms with Crippen LogP contribution in [-0.2, 0) is 11.3 Å². The zero-order valence-corrected chi connectivity index (χ0v) is 15.8. The van der Waals surface area contributed by atoms with Gasteiger partial charge in [0.05, 0.1) is 14.2 Å². The average Bonchev–Trinajstić information content (AvgIpc) is 3.07. The summed E-state index contributed by atoms with van der Waals surface area (Å²) in [6.45, 7) is 1.64. The van der Waals surface area contributed by atoms with Crippen molar-refractivity contribution in [2.45, 2.75) is 12.5 Å². The zero-order valence-electron chi connectivity index (χ0n) is 15.8. The number of phenols is 1. The Balaban J connectivity index is 1.62. The highest BCUT2D eigenvalue weighted by Crippen LogP contribution is 2.50. The molecule has 2 heterocycles. The molecule has 2 atom stereocenters. The highest BCUT2D eigenvalue weighted by molar-refractivity contribution is 5.78. The third kappa shape index (κ3) is 2.92. The Kier molecular flexibility index (Phi) is 4.55. The molecule has 148 valence electrons. The Bertz CT molecular complexity index is 914. The molecule has 1 saturated heterocycles. The fourth-order valence-corrected chi connectivity index (χ4v) is 4.30. The summed E-state index contributed by atoms with van der Waals surface area (Å²) in [4.78, 5) is 14.3. The van der Waals surface area contributed by atoms with Gasteiger partial charge in [0.1, 0.15) is 23.5 Å². The smallest absolute Gasteiger partial charge is 0.315 e. The molecule has 2 N–H and O–H groups in total. The number of methoxy groups -OCH3 is 2. The van der Waals surface area contributed by atoms with E-state index in [1.54, 1.807) is 19.2 Å². The number of carboxylic acids is 1. The standard InChI is InChI=1S/C21H23NO6/c1-26-14-4-5-15-16-10-22(9-13-3-6-18(27-2)17(23)7-13)11-21(16,20(24)25)12-28-19(15)8-14/h3-8,16,23H,9-12H2,1-2H3,(H,24,25)/t16-,21-/m1/s1. The number of aromatic hydroxyl groups is 1. The van der Waals surface area contributed by atoms with Gasteiger partial charge in [-0.05, 0) is 23.8 Å². The molecule has 0 amide bonds. The van der Waals surface area contributed by atoms with Crippen LogP contribution in [0.15, 0.2) is 36.4 Å². The van der Waals surface area contributed by atoms with E-state index in [9.17, 15) is 15.0 Å². The molecule has 2 aliphatic rings. The highest BCUT2D eigenvalue weighted by Gasteiger charge is 2.56. The second kappa shape index (κ2) is 6.91. The van der Waals surface area contributed by atoms with E-state index < -0.39 is 11.4 Å². The molecule has 0 spiro atoms. The molecule has 0 bridgehead atoms. The number of benzene rings is 2. The molecule has 0 unspecified atom stereocenters. The number of hydrogen-bond acceptors (Lipinski definition) is 6. The van der Waals surface area contributed by atoms with Gasteiger partial charge in [-0.3, -0.25) is 9.69 Å². The van der Waals surface area contributed by atoms with Gasteiger partial charge in [-0.25, -0.2) is 0 Å². The van der Waals surface area contributed by atoms with E-state index in [1.165, 1.54) is 7.11 Å². The van der Waals surface area contributed by atoms with Gasteiger partial charge in [0.15, 0.2) is 11.5 Å². The normalized spacial score (nSPS) is 23.4. The minimum atomic E-state index is -0.990. The second-order valence-corrected chi connectivity index (χ2v) is 7.38. The van der Waals surface area contributed by atoms with E-state index in [1.807, 2.05) is 24.3 Å². The Morgan fingerprint density at radius 2 is 2.07 bits per heavy atom. The predicted molar refractivity (Wildman–Crippen MR) is 101 cm³/mol. The molecule has 7 nitrogen and oxygen atoms in total. The third-order valence-corrected chi connectivity index (χ3v) is 5.77. The van der Waals surface area contributed by atoms with Gasteiger partial charge in [0.2, 0.25) is 0 Å². The summed E-state index contributed by atoms with van der Waals surface area (Å²) in [5, 5.41) is 20.1. The van der Waals surface area contributed by atoms with Gasteiger partial charge in [-0.1, -0.05) is 12.1 Å². The number of aliphatic carboxylic acids is 1. The maximum absolute atomic E-state index is 12.2. The van der Waals surface area contributed by atoms with Gasteiger partial charge in [-0.2, -0.15) is 0 Å². The SMILES string of the molecule is COc1ccc2c(c1)OC[C@]1(C(=O)O)CN(Cc3ccc(OC)c(O)c3)C[C@H]21. The van der Waals surface area contributed by atoms with Crippen molar-refractivity contribution >= 4 is 5.97 Å². The van der Waals surface area contributed by atoms with Crippen molar-refractivity contribution in [1.82, 2.24) is 4.90 Å². The maximum atomic E-state index is 12.2. The van der Waals surface area contributed by atoms with Gasteiger partial charge < -0.3 is 24.4 Å². The van der Waals surface area contributed by atoms with Crippen molar-refractivity contribution in [2.75, 3.05) is 33.9 Å². The number of fused-ring (bicyclic) bond motifs is 3. The summed E-state index contributed by atoms with van der Waals surface area (Å²) in [7, 11) is 3.09. The number of carbonyl (C=O) groups is 1. The average molecular weight is 385 g/mol. The number of carboxylic acid groups (broad SMARTS) is 1. The first-order chi connectivity index (χ1) is 13.5. The van der Waals surface area contributed by atoms with Gasteiger partial charge in [-0.15, -0.1) is 0 Å². The monoisotopic (exact) mass is 385 g/mol. The summed E-state index contributed by atoms with van der Waals surface area (Å²) in [6.07, 6.45) is 0. The van der Waals surface area contributed by atoms with Crippen LogP contribution in [0.4, 0.5) is 0 Å². The predicted octanol–water partition coefficient (Wildman–Crippen LogP) is 2.47. The van der Waals surface area contributed by atoms with E-state index in [2.05, 4.69) is 4.90 Å². The molecule has 0 aliphatic carbocycles. The molecule has 1 fully saturated rings. The topological polar surface area (TPSA) is 88.5 Å². The third-order valence-electron chi connectivity index (χ3n) is 5.77. The van der Waals surface area contributed by atoms with Crippen LogP contribution in [0.2, 0.25) is 0 Å². The summed E-state index contributed by atoms with van der Waals surface area (Å²) in [5.74, 6) is 0.836. The van der Waals surface area contributed by atoms with Crippen LogP contribution in [-0.4, -0.2) is 55.0 Å². The van der Waals surface area contributed by atoms with Crippen LogP contribution in [0.25, 0.3) is 0 Å². The lowest BCUT2D eigenvalue weighted by molar-refractivity contribution is -0.151. The molecule has 7 heteroatoms. The van der Waals surface area contributed by atoms with Crippen LogP contribution in [0.1, 0.15) is 17.0 Å². The number of hydrogen-bond donors (Lipinski definition) is 2. The largest absolute Gasteiger partial charge is 0.504 e. The molecule has 4 rings (SSSR count). The molecule has 28 heavy (non-hydrogen) atoms.